The van der Waals surface area contributed by atoms with Crippen LogP contribution in [0.3, 0.4) is 0 Å². The van der Waals surface area contributed by atoms with Crippen LogP contribution in [0.25, 0.3) is 16.6 Å². The van der Waals surface area contributed by atoms with Gasteiger partial charge in [0.2, 0.25) is 0 Å². The highest BCUT2D eigenvalue weighted by molar-refractivity contribution is 7.17. The largest absolute Gasteiger partial charge is 0.508 e. The van der Waals surface area contributed by atoms with Gasteiger partial charge in [0.25, 0.3) is 0 Å². The van der Waals surface area contributed by atoms with Gasteiger partial charge in [-0.2, -0.15) is 5.26 Å². The monoisotopic (exact) mass is 332 g/mol. The normalized spacial score (nSPS) is 10.6. The summed E-state index contributed by atoms with van der Waals surface area (Å²) in [7, 11) is 0. The maximum absolute atomic E-state index is 12.2. The van der Waals surface area contributed by atoms with Crippen molar-refractivity contribution in [3.63, 3.8) is 0 Å². The molecule has 0 spiro atoms. The molecule has 1 N–H and O–H groups in total. The third kappa shape index (κ3) is 3.57. The zero-order chi connectivity index (χ0) is 16.9. The number of allylic oxidation sites excluding steroid dienone is 1. The highest BCUT2D eigenvalue weighted by Crippen LogP contribution is 2.27. The number of thiazole rings is 1. The molecule has 5 heteroatoms. The molecule has 0 fully saturated rings. The number of phenolic OH excluding ortho intramolecular Hbond substituents is 1. The predicted octanol–water partition coefficient (Wildman–Crippen LogP) is 4.28. The molecule has 3 aromatic rings. The lowest BCUT2D eigenvalue weighted by atomic mass is 10.1. The predicted molar refractivity (Wildman–Crippen MR) is 93.7 cm³/mol. The Morgan fingerprint density at radius 1 is 1.21 bits per heavy atom. The Bertz CT molecular complexity index is 950. The maximum atomic E-state index is 12.2. The van der Waals surface area contributed by atoms with Crippen LogP contribution in [0.1, 0.15) is 20.8 Å². The Morgan fingerprint density at radius 2 is 2.00 bits per heavy atom. The van der Waals surface area contributed by atoms with Crippen molar-refractivity contribution >= 4 is 23.2 Å². The molecule has 4 nitrogen and oxygen atoms in total. The Balaban J connectivity index is 1.77. The third-order valence-corrected chi connectivity index (χ3v) is 4.37. The van der Waals surface area contributed by atoms with Crippen LogP contribution in [0.4, 0.5) is 0 Å². The SMILES string of the molecule is N#Cc1cccc(C=CC(=O)c2cnc(-c3ccc(O)cc3)s2)c1. The molecule has 0 bridgehead atoms. The first-order valence-corrected chi connectivity index (χ1v) is 7.95. The number of aromatic nitrogens is 1. The highest BCUT2D eigenvalue weighted by atomic mass is 32.1. The lowest BCUT2D eigenvalue weighted by Crippen LogP contribution is -1.89. The van der Waals surface area contributed by atoms with Crippen molar-refractivity contribution in [2.24, 2.45) is 0 Å². The van der Waals surface area contributed by atoms with Crippen molar-refractivity contribution < 1.29 is 9.90 Å². The van der Waals surface area contributed by atoms with E-state index in [4.69, 9.17) is 5.26 Å². The standard InChI is InChI=1S/C19H12N2O2S/c20-11-14-3-1-2-13(10-14)4-9-17(23)18-12-21-19(24-18)15-5-7-16(22)8-6-15/h1-10,12,22H. The molecule has 1 heterocycles. The van der Waals surface area contributed by atoms with Gasteiger partial charge in [0.05, 0.1) is 16.5 Å². The fraction of sp³-hybridized carbons (Fsp3) is 0. The number of benzene rings is 2. The first-order valence-electron chi connectivity index (χ1n) is 7.13. The molecule has 116 valence electrons. The van der Waals surface area contributed by atoms with Crippen LogP contribution in [0.2, 0.25) is 0 Å². The average Bonchev–Trinajstić information content (AvgIpc) is 3.10. The second-order valence-electron chi connectivity index (χ2n) is 5.01. The molecular formula is C19H12N2O2S. The number of hydrogen-bond donors (Lipinski definition) is 1. The van der Waals surface area contributed by atoms with Gasteiger partial charge in [0.1, 0.15) is 10.8 Å². The van der Waals surface area contributed by atoms with Crippen LogP contribution in [0, 0.1) is 11.3 Å². The molecule has 24 heavy (non-hydrogen) atoms. The van der Waals surface area contributed by atoms with E-state index in [0.29, 0.717) is 10.4 Å². The number of nitriles is 1. The van der Waals surface area contributed by atoms with Crippen LogP contribution < -0.4 is 0 Å². The molecule has 0 saturated carbocycles. The number of rotatable bonds is 4. The Morgan fingerprint density at radius 3 is 2.75 bits per heavy atom. The summed E-state index contributed by atoms with van der Waals surface area (Å²) in [5.74, 6) is 0.0500. The molecule has 2 aromatic carbocycles. The summed E-state index contributed by atoms with van der Waals surface area (Å²) < 4.78 is 0. The first kappa shape index (κ1) is 15.7. The van der Waals surface area contributed by atoms with E-state index < -0.39 is 0 Å². The van der Waals surface area contributed by atoms with E-state index in [1.165, 1.54) is 17.4 Å². The average molecular weight is 332 g/mol. The fourth-order valence-corrected chi connectivity index (χ4v) is 2.93. The number of aromatic hydroxyl groups is 1. The lowest BCUT2D eigenvalue weighted by molar-refractivity contribution is 0.105. The summed E-state index contributed by atoms with van der Waals surface area (Å²) >= 11 is 1.30. The van der Waals surface area contributed by atoms with Gasteiger partial charge in [-0.3, -0.25) is 4.79 Å². The summed E-state index contributed by atoms with van der Waals surface area (Å²) in [5, 5.41) is 18.9. The summed E-state index contributed by atoms with van der Waals surface area (Å²) in [4.78, 5) is 17.0. The quantitative estimate of drug-likeness (QED) is 0.571. The summed E-state index contributed by atoms with van der Waals surface area (Å²) in [6.45, 7) is 0. The number of hydrogen-bond acceptors (Lipinski definition) is 5. The molecule has 0 aliphatic carbocycles. The molecular weight excluding hydrogens is 320 g/mol. The van der Waals surface area contributed by atoms with Gasteiger partial charge in [-0.05, 0) is 48.0 Å². The zero-order valence-electron chi connectivity index (χ0n) is 12.5. The van der Waals surface area contributed by atoms with Gasteiger partial charge in [0, 0.05) is 11.8 Å². The van der Waals surface area contributed by atoms with Crippen LogP contribution in [0.15, 0.2) is 60.8 Å². The molecule has 0 radical (unpaired) electrons. The first-order chi connectivity index (χ1) is 11.7. The van der Waals surface area contributed by atoms with Crippen molar-refractivity contribution in [1.82, 2.24) is 4.98 Å². The van der Waals surface area contributed by atoms with Crippen LogP contribution in [-0.2, 0) is 0 Å². The molecule has 0 saturated heterocycles. The van der Waals surface area contributed by atoms with E-state index in [-0.39, 0.29) is 11.5 Å². The zero-order valence-corrected chi connectivity index (χ0v) is 13.3. The van der Waals surface area contributed by atoms with E-state index in [1.54, 1.807) is 54.7 Å². The number of phenols is 1. The number of nitrogens with zero attached hydrogens (tertiary/aromatic N) is 2. The highest BCUT2D eigenvalue weighted by Gasteiger charge is 2.09. The second kappa shape index (κ2) is 6.90. The minimum absolute atomic E-state index is 0.139. The summed E-state index contributed by atoms with van der Waals surface area (Å²) in [5.41, 5.74) is 2.20. The van der Waals surface area contributed by atoms with Crippen LogP contribution >= 0.6 is 11.3 Å². The number of carbonyl (C=O) groups excluding carboxylic acids is 1. The molecule has 0 atom stereocenters. The molecule has 0 unspecified atom stereocenters. The van der Waals surface area contributed by atoms with Crippen molar-refractivity contribution in [2.75, 3.05) is 0 Å². The van der Waals surface area contributed by atoms with Gasteiger partial charge in [-0.1, -0.05) is 18.2 Å². The van der Waals surface area contributed by atoms with Gasteiger partial charge in [-0.25, -0.2) is 4.98 Å². The topological polar surface area (TPSA) is 74.0 Å². The molecule has 0 aliphatic rings. The molecule has 3 rings (SSSR count). The van der Waals surface area contributed by atoms with E-state index in [2.05, 4.69) is 11.1 Å². The number of ketones is 1. The molecule has 0 amide bonds. The second-order valence-corrected chi connectivity index (χ2v) is 6.04. The van der Waals surface area contributed by atoms with Crippen molar-refractivity contribution in [3.05, 3.63) is 76.8 Å². The Hall–Kier alpha value is -3.23. The van der Waals surface area contributed by atoms with E-state index in [0.717, 1.165) is 16.1 Å². The van der Waals surface area contributed by atoms with Crippen molar-refractivity contribution in [1.29, 1.82) is 5.26 Å². The van der Waals surface area contributed by atoms with E-state index in [9.17, 15) is 9.90 Å². The van der Waals surface area contributed by atoms with Gasteiger partial charge in [0.15, 0.2) is 5.78 Å². The minimum Gasteiger partial charge on any atom is -0.508 e. The minimum atomic E-state index is -0.139. The Labute approximate surface area is 143 Å². The van der Waals surface area contributed by atoms with Crippen LogP contribution in [-0.4, -0.2) is 15.9 Å². The van der Waals surface area contributed by atoms with E-state index >= 15 is 0 Å². The molecule has 1 aromatic heterocycles. The third-order valence-electron chi connectivity index (χ3n) is 3.31. The lowest BCUT2D eigenvalue weighted by Gasteiger charge is -1.95. The smallest absolute Gasteiger partial charge is 0.197 e. The maximum Gasteiger partial charge on any atom is 0.197 e. The number of carbonyl (C=O) groups is 1. The fourth-order valence-electron chi connectivity index (χ4n) is 2.09. The van der Waals surface area contributed by atoms with Gasteiger partial charge in [-0.15, -0.1) is 11.3 Å². The van der Waals surface area contributed by atoms with Crippen molar-refractivity contribution in [3.8, 4) is 22.4 Å². The summed E-state index contributed by atoms with van der Waals surface area (Å²) in [6.07, 6.45) is 4.71. The van der Waals surface area contributed by atoms with Crippen molar-refractivity contribution in [2.45, 2.75) is 0 Å². The van der Waals surface area contributed by atoms with E-state index in [1.807, 2.05) is 6.07 Å². The van der Waals surface area contributed by atoms with Gasteiger partial charge >= 0.3 is 0 Å². The Kier molecular flexibility index (Phi) is 4.50. The van der Waals surface area contributed by atoms with Crippen LogP contribution in [0.5, 0.6) is 5.75 Å². The summed E-state index contributed by atoms with van der Waals surface area (Å²) in [6, 6.07) is 15.8. The molecule has 0 aliphatic heterocycles. The van der Waals surface area contributed by atoms with Gasteiger partial charge < -0.3 is 5.11 Å².